The van der Waals surface area contributed by atoms with Crippen molar-refractivity contribution in [3.63, 3.8) is 0 Å². The lowest BCUT2D eigenvalue weighted by Gasteiger charge is -2.35. The van der Waals surface area contributed by atoms with E-state index in [-0.39, 0.29) is 11.4 Å². The predicted molar refractivity (Wildman–Crippen MR) is 137 cm³/mol. The van der Waals surface area contributed by atoms with E-state index in [0.717, 1.165) is 22.0 Å². The third-order valence-corrected chi connectivity index (χ3v) is 7.95. The SMILES string of the molecule is COc1ccc(CCN(Cc2ccco2)C(=O)CN(C(C)(C)C)S(=O)(=O)c2ccc(F)cc2)cc1OC. The minimum Gasteiger partial charge on any atom is -0.493 e. The minimum absolute atomic E-state index is 0.0838. The van der Waals surface area contributed by atoms with Crippen molar-refractivity contribution in [2.24, 2.45) is 0 Å². The third-order valence-electron chi connectivity index (χ3n) is 5.83. The van der Waals surface area contributed by atoms with Crippen LogP contribution in [0.5, 0.6) is 11.5 Å². The van der Waals surface area contributed by atoms with Crippen molar-refractivity contribution in [1.29, 1.82) is 0 Å². The normalized spacial score (nSPS) is 12.0. The standard InChI is InChI=1S/C27H33FN2O6S/c1-27(2,3)30(37(32,33)23-11-9-21(28)10-12-23)19-26(31)29(18-22-7-6-16-36-22)15-14-20-8-13-24(34-4)25(17-20)35-5/h6-13,16-17H,14-15,18-19H2,1-5H3. The first kappa shape index (κ1) is 28.2. The van der Waals surface area contributed by atoms with Crippen LogP contribution in [0.4, 0.5) is 4.39 Å². The molecule has 10 heteroatoms. The van der Waals surface area contributed by atoms with Gasteiger partial charge < -0.3 is 18.8 Å². The van der Waals surface area contributed by atoms with Crippen LogP contribution < -0.4 is 9.47 Å². The molecular formula is C27H33FN2O6S. The Morgan fingerprint density at radius 1 is 1.00 bits per heavy atom. The number of amides is 1. The van der Waals surface area contributed by atoms with Crippen molar-refractivity contribution in [1.82, 2.24) is 9.21 Å². The fourth-order valence-electron chi connectivity index (χ4n) is 3.82. The monoisotopic (exact) mass is 532 g/mol. The minimum atomic E-state index is -4.08. The largest absolute Gasteiger partial charge is 0.493 e. The Hall–Kier alpha value is -3.37. The van der Waals surface area contributed by atoms with Gasteiger partial charge in [0.1, 0.15) is 11.6 Å². The van der Waals surface area contributed by atoms with Gasteiger partial charge in [-0.2, -0.15) is 4.31 Å². The van der Waals surface area contributed by atoms with Gasteiger partial charge in [0.05, 0.1) is 38.5 Å². The van der Waals surface area contributed by atoms with Gasteiger partial charge in [0.2, 0.25) is 15.9 Å². The number of halogens is 1. The number of carbonyl (C=O) groups is 1. The highest BCUT2D eigenvalue weighted by atomic mass is 32.2. The summed E-state index contributed by atoms with van der Waals surface area (Å²) in [5.41, 5.74) is 0.00396. The number of carbonyl (C=O) groups excluding carboxylic acids is 1. The summed E-state index contributed by atoms with van der Waals surface area (Å²) in [7, 11) is -0.974. The number of rotatable bonds is 11. The molecule has 0 saturated carbocycles. The van der Waals surface area contributed by atoms with Crippen molar-refractivity contribution in [2.45, 2.75) is 44.2 Å². The zero-order valence-corrected chi connectivity index (χ0v) is 22.5. The van der Waals surface area contributed by atoms with Crippen LogP contribution in [0, 0.1) is 5.82 Å². The molecule has 1 heterocycles. The first-order valence-corrected chi connectivity index (χ1v) is 13.2. The van der Waals surface area contributed by atoms with E-state index in [1.165, 1.54) is 18.4 Å². The summed E-state index contributed by atoms with van der Waals surface area (Å²) >= 11 is 0. The van der Waals surface area contributed by atoms with Gasteiger partial charge in [0.15, 0.2) is 11.5 Å². The number of sulfonamides is 1. The first-order chi connectivity index (χ1) is 17.5. The molecule has 0 bridgehead atoms. The molecule has 0 N–H and O–H groups in total. The summed E-state index contributed by atoms with van der Waals surface area (Å²) in [5.74, 6) is 0.814. The molecule has 0 aliphatic rings. The van der Waals surface area contributed by atoms with Crippen molar-refractivity contribution >= 4 is 15.9 Å². The Labute approximate surface area is 217 Å². The average molecular weight is 533 g/mol. The van der Waals surface area contributed by atoms with Crippen LogP contribution in [0.3, 0.4) is 0 Å². The van der Waals surface area contributed by atoms with Gasteiger partial charge in [0.25, 0.3) is 0 Å². The van der Waals surface area contributed by atoms with Gasteiger partial charge in [-0.3, -0.25) is 4.79 Å². The topological polar surface area (TPSA) is 89.3 Å². The van der Waals surface area contributed by atoms with E-state index in [2.05, 4.69) is 0 Å². The molecule has 0 saturated heterocycles. The maximum Gasteiger partial charge on any atom is 0.244 e. The number of methoxy groups -OCH3 is 2. The molecule has 3 aromatic rings. The maximum absolute atomic E-state index is 13.6. The summed E-state index contributed by atoms with van der Waals surface area (Å²) in [4.78, 5) is 15.1. The molecule has 3 rings (SSSR count). The third kappa shape index (κ3) is 7.11. The summed E-state index contributed by atoms with van der Waals surface area (Å²) in [6.45, 7) is 5.22. The molecule has 1 aromatic heterocycles. The average Bonchev–Trinajstić information content (AvgIpc) is 3.37. The van der Waals surface area contributed by atoms with Gasteiger partial charge in [0, 0.05) is 12.1 Å². The molecule has 0 atom stereocenters. The smallest absolute Gasteiger partial charge is 0.244 e. The van der Waals surface area contributed by atoms with Crippen LogP contribution in [0.1, 0.15) is 32.1 Å². The highest BCUT2D eigenvalue weighted by molar-refractivity contribution is 7.89. The van der Waals surface area contributed by atoms with Crippen molar-refractivity contribution in [3.8, 4) is 11.5 Å². The Kier molecular flexibility index (Phi) is 8.98. The van der Waals surface area contributed by atoms with Gasteiger partial charge in [-0.15, -0.1) is 0 Å². The van der Waals surface area contributed by atoms with Gasteiger partial charge in [-0.25, -0.2) is 12.8 Å². The molecule has 0 spiro atoms. The Morgan fingerprint density at radius 2 is 1.68 bits per heavy atom. The maximum atomic E-state index is 13.6. The summed E-state index contributed by atoms with van der Waals surface area (Å²) < 4.78 is 57.6. The first-order valence-electron chi connectivity index (χ1n) is 11.7. The van der Waals surface area contributed by atoms with E-state index >= 15 is 0 Å². The summed E-state index contributed by atoms with van der Waals surface area (Å²) in [6, 6.07) is 13.6. The van der Waals surface area contributed by atoms with Crippen LogP contribution in [-0.2, 0) is 27.8 Å². The molecule has 200 valence electrons. The Bertz CT molecular complexity index is 1290. The van der Waals surface area contributed by atoms with E-state index in [4.69, 9.17) is 13.9 Å². The van der Waals surface area contributed by atoms with Crippen LogP contribution in [0.15, 0.2) is 70.2 Å². The van der Waals surface area contributed by atoms with Crippen molar-refractivity contribution < 1.29 is 31.5 Å². The Balaban J connectivity index is 1.86. The van der Waals surface area contributed by atoms with Crippen LogP contribution in [0.25, 0.3) is 0 Å². The highest BCUT2D eigenvalue weighted by Gasteiger charge is 2.36. The molecule has 37 heavy (non-hydrogen) atoms. The fourth-order valence-corrected chi connectivity index (χ4v) is 5.56. The molecule has 8 nitrogen and oxygen atoms in total. The number of ether oxygens (including phenoxy) is 2. The number of hydrogen-bond donors (Lipinski definition) is 0. The van der Waals surface area contributed by atoms with Crippen LogP contribution >= 0.6 is 0 Å². The molecule has 0 fully saturated rings. The number of furan rings is 1. The zero-order chi connectivity index (χ0) is 27.2. The van der Waals surface area contributed by atoms with E-state index in [9.17, 15) is 17.6 Å². The second kappa shape index (κ2) is 11.8. The summed E-state index contributed by atoms with van der Waals surface area (Å²) in [6.07, 6.45) is 2.01. The van der Waals surface area contributed by atoms with Gasteiger partial charge >= 0.3 is 0 Å². The predicted octanol–water partition coefficient (Wildman–Crippen LogP) is 4.50. The number of nitrogens with zero attached hydrogens (tertiary/aromatic N) is 2. The van der Waals surface area contributed by atoms with Crippen LogP contribution in [-0.4, -0.2) is 56.4 Å². The molecule has 0 unspecified atom stereocenters. The fraction of sp³-hybridized carbons (Fsp3) is 0.370. The lowest BCUT2D eigenvalue weighted by Crippen LogP contribution is -2.51. The molecule has 0 aliphatic carbocycles. The van der Waals surface area contributed by atoms with Crippen molar-refractivity contribution in [3.05, 3.63) is 78.0 Å². The lowest BCUT2D eigenvalue weighted by molar-refractivity contribution is -0.133. The molecule has 0 radical (unpaired) electrons. The Morgan fingerprint density at radius 3 is 2.24 bits per heavy atom. The van der Waals surface area contributed by atoms with Crippen molar-refractivity contribution in [2.75, 3.05) is 27.3 Å². The number of hydrogen-bond acceptors (Lipinski definition) is 6. The quantitative estimate of drug-likeness (QED) is 0.361. The molecule has 2 aromatic carbocycles. The van der Waals surface area contributed by atoms with Gasteiger partial charge in [-0.05, 0) is 81.3 Å². The number of benzene rings is 2. The highest BCUT2D eigenvalue weighted by Crippen LogP contribution is 2.28. The molecule has 1 amide bonds. The van der Waals surface area contributed by atoms with E-state index in [0.29, 0.717) is 30.2 Å². The lowest BCUT2D eigenvalue weighted by atomic mass is 10.1. The summed E-state index contributed by atoms with van der Waals surface area (Å²) in [5, 5.41) is 0. The van der Waals surface area contributed by atoms with Gasteiger partial charge in [-0.1, -0.05) is 6.07 Å². The second-order valence-corrected chi connectivity index (χ2v) is 11.3. The van der Waals surface area contributed by atoms with E-state index in [1.807, 2.05) is 12.1 Å². The molecule has 0 aliphatic heterocycles. The molecular weight excluding hydrogens is 499 g/mol. The van der Waals surface area contributed by atoms with Crippen LogP contribution in [0.2, 0.25) is 0 Å². The van der Waals surface area contributed by atoms with E-state index < -0.39 is 33.8 Å². The zero-order valence-electron chi connectivity index (χ0n) is 21.7. The second-order valence-electron chi connectivity index (χ2n) is 9.47. The van der Waals surface area contributed by atoms with E-state index in [1.54, 1.807) is 58.1 Å².